The minimum absolute atomic E-state index is 0.0138. The average Bonchev–Trinajstić information content (AvgIpc) is 2.72. The molecule has 0 saturated heterocycles. The van der Waals surface area contributed by atoms with Crippen LogP contribution in [0.25, 0.3) is 0 Å². The summed E-state index contributed by atoms with van der Waals surface area (Å²) in [6, 6.07) is 8.28. The van der Waals surface area contributed by atoms with Crippen LogP contribution in [-0.4, -0.2) is 25.2 Å². The van der Waals surface area contributed by atoms with Gasteiger partial charge in [0.15, 0.2) is 0 Å². The van der Waals surface area contributed by atoms with Crippen LogP contribution in [-0.2, 0) is 28.0 Å². The fourth-order valence-electron chi connectivity index (χ4n) is 3.39. The molecule has 1 aliphatic rings. The predicted molar refractivity (Wildman–Crippen MR) is 91.7 cm³/mol. The summed E-state index contributed by atoms with van der Waals surface area (Å²) in [5, 5.41) is 2.98. The van der Waals surface area contributed by atoms with Gasteiger partial charge in [-0.15, -0.1) is 0 Å². The van der Waals surface area contributed by atoms with Gasteiger partial charge in [0.1, 0.15) is 17.2 Å². The SMILES string of the molecule is C[C@@]1(OC(=O)C(F)(F)F)CNCCc2ccc(Cc3cc(F)cc(F)c3)cc21. The number of ether oxygens (including phenoxy) is 1. The fraction of sp³-hybridized carbons (Fsp3) is 0.350. The van der Waals surface area contributed by atoms with Gasteiger partial charge in [0.2, 0.25) is 0 Å². The maximum absolute atomic E-state index is 13.4. The van der Waals surface area contributed by atoms with E-state index in [2.05, 4.69) is 5.32 Å². The van der Waals surface area contributed by atoms with Crippen molar-refractivity contribution in [3.8, 4) is 0 Å². The van der Waals surface area contributed by atoms with Gasteiger partial charge in [0.05, 0.1) is 0 Å². The Labute approximate surface area is 158 Å². The number of hydrogen-bond donors (Lipinski definition) is 1. The molecule has 0 unspecified atom stereocenters. The third-order valence-corrected chi connectivity index (χ3v) is 4.66. The van der Waals surface area contributed by atoms with Gasteiger partial charge in [-0.1, -0.05) is 18.2 Å². The number of carbonyl (C=O) groups is 1. The van der Waals surface area contributed by atoms with E-state index in [1.807, 2.05) is 0 Å². The topological polar surface area (TPSA) is 38.3 Å². The summed E-state index contributed by atoms with van der Waals surface area (Å²) >= 11 is 0. The van der Waals surface area contributed by atoms with Crippen molar-refractivity contribution in [1.29, 1.82) is 0 Å². The zero-order chi connectivity index (χ0) is 20.5. The molecule has 1 atom stereocenters. The summed E-state index contributed by atoms with van der Waals surface area (Å²) in [7, 11) is 0. The molecule has 2 aromatic carbocycles. The summed E-state index contributed by atoms with van der Waals surface area (Å²) in [5.74, 6) is -3.68. The maximum atomic E-state index is 13.4. The standard InChI is InChI=1S/C20H18F5NO2/c1-19(28-18(27)20(23,24)25)11-26-5-4-14-3-2-12(9-17(14)19)6-13-7-15(21)10-16(22)8-13/h2-3,7-10,26H,4-6,11H2,1H3/t19-/m1/s1. The Morgan fingerprint density at radius 3 is 2.43 bits per heavy atom. The highest BCUT2D eigenvalue weighted by molar-refractivity contribution is 5.76. The molecule has 28 heavy (non-hydrogen) atoms. The molecule has 1 aliphatic heterocycles. The minimum Gasteiger partial charge on any atom is -0.446 e. The number of nitrogens with one attached hydrogen (secondary N) is 1. The van der Waals surface area contributed by atoms with Crippen LogP contribution < -0.4 is 5.32 Å². The third-order valence-electron chi connectivity index (χ3n) is 4.66. The first kappa shape index (κ1) is 20.3. The number of esters is 1. The Kier molecular flexibility index (Phi) is 5.43. The van der Waals surface area contributed by atoms with Crippen LogP contribution >= 0.6 is 0 Å². The number of hydrogen-bond acceptors (Lipinski definition) is 3. The summed E-state index contributed by atoms with van der Waals surface area (Å²) in [5.41, 5.74) is 0.695. The average molecular weight is 399 g/mol. The van der Waals surface area contributed by atoms with Crippen molar-refractivity contribution in [2.75, 3.05) is 13.1 Å². The van der Waals surface area contributed by atoms with Crippen LogP contribution in [0.2, 0.25) is 0 Å². The zero-order valence-electron chi connectivity index (χ0n) is 15.0. The molecule has 150 valence electrons. The van der Waals surface area contributed by atoms with Crippen molar-refractivity contribution in [1.82, 2.24) is 5.32 Å². The maximum Gasteiger partial charge on any atom is 0.490 e. The number of carbonyl (C=O) groups excluding carboxylic acids is 1. The smallest absolute Gasteiger partial charge is 0.446 e. The van der Waals surface area contributed by atoms with Crippen molar-refractivity contribution in [2.45, 2.75) is 31.5 Å². The van der Waals surface area contributed by atoms with E-state index in [1.165, 1.54) is 19.1 Å². The molecule has 1 N–H and O–H groups in total. The van der Waals surface area contributed by atoms with Crippen molar-refractivity contribution in [3.63, 3.8) is 0 Å². The lowest BCUT2D eigenvalue weighted by Gasteiger charge is -2.31. The molecular weight excluding hydrogens is 381 g/mol. The minimum atomic E-state index is -5.10. The summed E-state index contributed by atoms with van der Waals surface area (Å²) in [4.78, 5) is 11.5. The highest BCUT2D eigenvalue weighted by Crippen LogP contribution is 2.34. The molecule has 3 rings (SSSR count). The quantitative estimate of drug-likeness (QED) is 0.626. The van der Waals surface area contributed by atoms with E-state index in [9.17, 15) is 26.7 Å². The second kappa shape index (κ2) is 7.50. The number of rotatable bonds is 3. The molecule has 1 heterocycles. The van der Waals surface area contributed by atoms with E-state index in [1.54, 1.807) is 18.2 Å². The third kappa shape index (κ3) is 4.49. The first-order chi connectivity index (χ1) is 13.1. The lowest BCUT2D eigenvalue weighted by Crippen LogP contribution is -2.42. The lowest BCUT2D eigenvalue weighted by atomic mass is 9.88. The molecule has 0 spiro atoms. The van der Waals surface area contributed by atoms with Crippen molar-refractivity contribution in [2.24, 2.45) is 0 Å². The molecular formula is C20H18F5NO2. The second-order valence-corrected chi connectivity index (χ2v) is 6.99. The summed E-state index contributed by atoms with van der Waals surface area (Å²) in [6.45, 7) is 1.94. The van der Waals surface area contributed by atoms with Crippen LogP contribution in [0.1, 0.15) is 29.2 Å². The van der Waals surface area contributed by atoms with Gasteiger partial charge < -0.3 is 10.1 Å². The molecule has 0 fully saturated rings. The van der Waals surface area contributed by atoms with E-state index >= 15 is 0 Å². The fourth-order valence-corrected chi connectivity index (χ4v) is 3.39. The molecule has 0 aliphatic carbocycles. The first-order valence-corrected chi connectivity index (χ1v) is 8.65. The molecule has 3 nitrogen and oxygen atoms in total. The van der Waals surface area contributed by atoms with Gasteiger partial charge in [-0.2, -0.15) is 13.2 Å². The van der Waals surface area contributed by atoms with Crippen LogP contribution in [0.4, 0.5) is 22.0 Å². The molecule has 0 bridgehead atoms. The van der Waals surface area contributed by atoms with Gasteiger partial charge in [-0.3, -0.25) is 0 Å². The van der Waals surface area contributed by atoms with E-state index < -0.39 is 29.4 Å². The molecule has 0 radical (unpaired) electrons. The molecule has 0 saturated carbocycles. The highest BCUT2D eigenvalue weighted by Gasteiger charge is 2.46. The summed E-state index contributed by atoms with van der Waals surface area (Å²) < 4.78 is 69.9. The number of fused-ring (bicyclic) bond motifs is 1. The van der Waals surface area contributed by atoms with Gasteiger partial charge in [0, 0.05) is 18.2 Å². The number of benzene rings is 2. The Morgan fingerprint density at radius 2 is 1.79 bits per heavy atom. The van der Waals surface area contributed by atoms with E-state index in [-0.39, 0.29) is 13.0 Å². The normalized spacial score (nSPS) is 19.6. The van der Waals surface area contributed by atoms with Crippen LogP contribution in [0.15, 0.2) is 36.4 Å². The predicted octanol–water partition coefficient (Wildman–Crippen LogP) is 4.02. The summed E-state index contributed by atoms with van der Waals surface area (Å²) in [6.07, 6.45) is -4.38. The van der Waals surface area contributed by atoms with Gasteiger partial charge in [0.25, 0.3) is 0 Å². The number of halogens is 5. The molecule has 0 aromatic heterocycles. The van der Waals surface area contributed by atoms with E-state index in [0.717, 1.165) is 11.6 Å². The largest absolute Gasteiger partial charge is 0.490 e. The zero-order valence-corrected chi connectivity index (χ0v) is 15.0. The van der Waals surface area contributed by atoms with Gasteiger partial charge in [-0.05, 0) is 55.1 Å². The van der Waals surface area contributed by atoms with Crippen molar-refractivity contribution < 1.29 is 31.5 Å². The molecule has 0 amide bonds. The Bertz CT molecular complexity index is 876. The Balaban J connectivity index is 1.96. The first-order valence-electron chi connectivity index (χ1n) is 8.65. The lowest BCUT2D eigenvalue weighted by molar-refractivity contribution is -0.213. The Morgan fingerprint density at radius 1 is 1.11 bits per heavy atom. The van der Waals surface area contributed by atoms with Crippen molar-refractivity contribution in [3.05, 3.63) is 70.3 Å². The highest BCUT2D eigenvalue weighted by atomic mass is 19.4. The monoisotopic (exact) mass is 399 g/mol. The van der Waals surface area contributed by atoms with E-state index in [0.29, 0.717) is 29.7 Å². The van der Waals surface area contributed by atoms with Gasteiger partial charge >= 0.3 is 12.1 Å². The number of alkyl halides is 3. The molecule has 2 aromatic rings. The van der Waals surface area contributed by atoms with Crippen LogP contribution in [0.5, 0.6) is 0 Å². The van der Waals surface area contributed by atoms with Gasteiger partial charge in [-0.25, -0.2) is 13.6 Å². The molecule has 8 heteroatoms. The van der Waals surface area contributed by atoms with Crippen LogP contribution in [0, 0.1) is 11.6 Å². The Hall–Kier alpha value is -2.48. The second-order valence-electron chi connectivity index (χ2n) is 6.99. The van der Waals surface area contributed by atoms with E-state index in [4.69, 9.17) is 4.74 Å². The van der Waals surface area contributed by atoms with Crippen molar-refractivity contribution >= 4 is 5.97 Å². The van der Waals surface area contributed by atoms with Crippen LogP contribution in [0.3, 0.4) is 0 Å².